The number of nitrogens with zero attached hydrogens (tertiary/aromatic N) is 1. The summed E-state index contributed by atoms with van der Waals surface area (Å²) in [5.41, 5.74) is 1.62. The third-order valence-corrected chi connectivity index (χ3v) is 3.58. The predicted molar refractivity (Wildman–Crippen MR) is 79.4 cm³/mol. The molecule has 0 saturated carbocycles. The molecule has 0 aliphatic carbocycles. The van der Waals surface area contributed by atoms with Crippen molar-refractivity contribution in [3.8, 4) is 0 Å². The first-order valence-corrected chi connectivity index (χ1v) is 6.91. The van der Waals surface area contributed by atoms with E-state index in [1.165, 1.54) is 6.07 Å². The molecule has 1 aromatic carbocycles. The van der Waals surface area contributed by atoms with Gasteiger partial charge >= 0.3 is 0 Å². The number of nitro groups is 1. The summed E-state index contributed by atoms with van der Waals surface area (Å²) < 4.78 is 0. The van der Waals surface area contributed by atoms with Crippen molar-refractivity contribution in [2.24, 2.45) is 5.92 Å². The number of hydrogen-bond acceptors (Lipinski definition) is 5. The van der Waals surface area contributed by atoms with Gasteiger partial charge in [-0.2, -0.15) is 0 Å². The first-order chi connectivity index (χ1) is 9.88. The lowest BCUT2D eigenvalue weighted by Crippen LogP contribution is -2.25. The lowest BCUT2D eigenvalue weighted by atomic mass is 10.0. The van der Waals surface area contributed by atoms with Crippen LogP contribution >= 0.6 is 0 Å². The largest absolute Gasteiger partial charge is 0.391 e. The van der Waals surface area contributed by atoms with Crippen LogP contribution in [0.25, 0.3) is 0 Å². The van der Waals surface area contributed by atoms with Crippen LogP contribution in [-0.4, -0.2) is 28.6 Å². The molecule has 1 aliphatic rings. The normalized spacial score (nSPS) is 15.3. The average molecular weight is 293 g/mol. The van der Waals surface area contributed by atoms with Crippen molar-refractivity contribution in [2.75, 3.05) is 17.2 Å². The summed E-state index contributed by atoms with van der Waals surface area (Å²) in [5.74, 6) is -0.0431. The third-order valence-electron chi connectivity index (χ3n) is 3.58. The number of anilines is 2. The second-order valence-electron chi connectivity index (χ2n) is 5.52. The van der Waals surface area contributed by atoms with Crippen LogP contribution in [0.2, 0.25) is 0 Å². The maximum atomic E-state index is 11.4. The van der Waals surface area contributed by atoms with Gasteiger partial charge in [-0.1, -0.05) is 13.8 Å². The molecule has 0 fully saturated rings. The van der Waals surface area contributed by atoms with Crippen molar-refractivity contribution in [3.63, 3.8) is 0 Å². The van der Waals surface area contributed by atoms with Crippen LogP contribution in [0.15, 0.2) is 12.1 Å². The van der Waals surface area contributed by atoms with Crippen LogP contribution < -0.4 is 10.6 Å². The molecule has 0 spiro atoms. The molecule has 21 heavy (non-hydrogen) atoms. The van der Waals surface area contributed by atoms with E-state index in [0.717, 1.165) is 5.56 Å². The van der Waals surface area contributed by atoms with Gasteiger partial charge in [-0.25, -0.2) is 0 Å². The molecule has 1 aromatic rings. The number of aryl methyl sites for hydroxylation is 1. The van der Waals surface area contributed by atoms with Crippen LogP contribution in [0, 0.1) is 16.0 Å². The molecular weight excluding hydrogens is 274 g/mol. The number of aliphatic hydroxyl groups excluding tert-OH is 1. The van der Waals surface area contributed by atoms with E-state index in [-0.39, 0.29) is 24.1 Å². The molecule has 1 atom stereocenters. The smallest absolute Gasteiger partial charge is 0.292 e. The van der Waals surface area contributed by atoms with Gasteiger partial charge in [0.25, 0.3) is 5.69 Å². The molecule has 114 valence electrons. The van der Waals surface area contributed by atoms with Crippen LogP contribution in [0.4, 0.5) is 17.1 Å². The highest BCUT2D eigenvalue weighted by Gasteiger charge is 2.23. The first-order valence-electron chi connectivity index (χ1n) is 6.91. The summed E-state index contributed by atoms with van der Waals surface area (Å²) in [6, 6.07) is 3.05. The van der Waals surface area contributed by atoms with E-state index < -0.39 is 11.0 Å². The Labute approximate surface area is 122 Å². The molecule has 2 rings (SSSR count). The topological polar surface area (TPSA) is 104 Å². The molecule has 1 amide bonds. The Morgan fingerprint density at radius 3 is 2.76 bits per heavy atom. The molecule has 1 heterocycles. The monoisotopic (exact) mass is 293 g/mol. The lowest BCUT2D eigenvalue weighted by Gasteiger charge is -2.20. The van der Waals surface area contributed by atoms with Gasteiger partial charge in [-0.15, -0.1) is 0 Å². The Morgan fingerprint density at radius 2 is 2.14 bits per heavy atom. The minimum Gasteiger partial charge on any atom is -0.391 e. The second kappa shape index (κ2) is 6.09. The summed E-state index contributed by atoms with van der Waals surface area (Å²) in [6.45, 7) is 3.95. The summed E-state index contributed by atoms with van der Waals surface area (Å²) >= 11 is 0. The molecular formula is C14H19N3O4. The van der Waals surface area contributed by atoms with E-state index in [1.807, 2.05) is 13.8 Å². The number of aliphatic hydroxyl groups is 1. The number of benzene rings is 1. The van der Waals surface area contributed by atoms with Crippen molar-refractivity contribution >= 4 is 23.0 Å². The number of carbonyl (C=O) groups is 1. The van der Waals surface area contributed by atoms with Gasteiger partial charge in [0, 0.05) is 24.7 Å². The van der Waals surface area contributed by atoms with Gasteiger partial charge in [0.1, 0.15) is 5.69 Å². The number of amides is 1. The SMILES string of the molecule is CC(C)C(O)CNc1cc2c(cc1[N+](=O)[O-])CCC(=O)N2. The fraction of sp³-hybridized carbons (Fsp3) is 0.500. The minimum absolute atomic E-state index is 0.0409. The van der Waals surface area contributed by atoms with Crippen LogP contribution in [0.5, 0.6) is 0 Å². The summed E-state index contributed by atoms with van der Waals surface area (Å²) in [7, 11) is 0. The summed E-state index contributed by atoms with van der Waals surface area (Å²) in [5, 5.41) is 26.6. The van der Waals surface area contributed by atoms with Crippen molar-refractivity contribution in [3.05, 3.63) is 27.8 Å². The highest BCUT2D eigenvalue weighted by Crippen LogP contribution is 2.34. The van der Waals surface area contributed by atoms with Crippen molar-refractivity contribution in [2.45, 2.75) is 32.8 Å². The minimum atomic E-state index is -0.602. The van der Waals surface area contributed by atoms with E-state index >= 15 is 0 Å². The van der Waals surface area contributed by atoms with Crippen molar-refractivity contribution in [1.82, 2.24) is 0 Å². The molecule has 1 unspecified atom stereocenters. The number of hydrogen-bond donors (Lipinski definition) is 3. The Hall–Kier alpha value is -2.15. The maximum absolute atomic E-state index is 11.4. The fourth-order valence-corrected chi connectivity index (χ4v) is 2.16. The predicted octanol–water partition coefficient (Wildman–Crippen LogP) is 1.91. The van der Waals surface area contributed by atoms with E-state index in [1.54, 1.807) is 6.07 Å². The lowest BCUT2D eigenvalue weighted by molar-refractivity contribution is -0.384. The van der Waals surface area contributed by atoms with Crippen LogP contribution in [0.3, 0.4) is 0 Å². The molecule has 7 heteroatoms. The van der Waals surface area contributed by atoms with E-state index in [9.17, 15) is 20.0 Å². The Morgan fingerprint density at radius 1 is 1.43 bits per heavy atom. The zero-order valence-electron chi connectivity index (χ0n) is 12.0. The van der Waals surface area contributed by atoms with Crippen molar-refractivity contribution in [1.29, 1.82) is 0 Å². The second-order valence-corrected chi connectivity index (χ2v) is 5.52. The van der Waals surface area contributed by atoms with Crippen LogP contribution in [0.1, 0.15) is 25.8 Å². The first kappa shape index (κ1) is 15.2. The number of fused-ring (bicyclic) bond motifs is 1. The average Bonchev–Trinajstić information content (AvgIpc) is 2.43. The van der Waals surface area contributed by atoms with E-state index in [2.05, 4.69) is 10.6 Å². The third kappa shape index (κ3) is 3.49. The molecule has 7 nitrogen and oxygen atoms in total. The van der Waals surface area contributed by atoms with Crippen LogP contribution in [-0.2, 0) is 11.2 Å². The highest BCUT2D eigenvalue weighted by molar-refractivity contribution is 5.95. The van der Waals surface area contributed by atoms with Gasteiger partial charge in [0.2, 0.25) is 5.91 Å². The molecule has 0 bridgehead atoms. The molecule has 0 saturated heterocycles. The van der Waals surface area contributed by atoms with Crippen molar-refractivity contribution < 1.29 is 14.8 Å². The van der Waals surface area contributed by atoms with E-state index in [0.29, 0.717) is 24.2 Å². The molecule has 1 aliphatic heterocycles. The number of carbonyl (C=O) groups excluding carboxylic acids is 1. The Kier molecular flexibility index (Phi) is 4.42. The Balaban J connectivity index is 2.28. The number of nitro benzene ring substituents is 1. The fourth-order valence-electron chi connectivity index (χ4n) is 2.16. The number of nitrogens with one attached hydrogen (secondary N) is 2. The maximum Gasteiger partial charge on any atom is 0.292 e. The van der Waals surface area contributed by atoms with Gasteiger partial charge in [0.15, 0.2) is 0 Å². The highest BCUT2D eigenvalue weighted by atomic mass is 16.6. The zero-order chi connectivity index (χ0) is 15.6. The molecule has 3 N–H and O–H groups in total. The number of rotatable bonds is 5. The van der Waals surface area contributed by atoms with E-state index in [4.69, 9.17) is 0 Å². The van der Waals surface area contributed by atoms with Gasteiger partial charge in [-0.3, -0.25) is 14.9 Å². The zero-order valence-corrected chi connectivity index (χ0v) is 12.0. The van der Waals surface area contributed by atoms with Gasteiger partial charge < -0.3 is 15.7 Å². The summed E-state index contributed by atoms with van der Waals surface area (Å²) in [6.07, 6.45) is 0.232. The molecule has 0 radical (unpaired) electrons. The molecule has 0 aromatic heterocycles. The van der Waals surface area contributed by atoms with Gasteiger partial charge in [0.05, 0.1) is 11.0 Å². The summed E-state index contributed by atoms with van der Waals surface area (Å²) in [4.78, 5) is 22.1. The standard InChI is InChI=1S/C14H19N3O4/c1-8(2)13(18)7-15-11-6-10-9(3-4-14(19)16-10)5-12(11)17(20)21/h5-6,8,13,15,18H,3-4,7H2,1-2H3,(H,16,19). The van der Waals surface area contributed by atoms with Gasteiger partial charge in [-0.05, 0) is 24.0 Å². The Bertz CT molecular complexity index is 572. The quantitative estimate of drug-likeness (QED) is 0.568.